The fourth-order valence-electron chi connectivity index (χ4n) is 4.32. The summed E-state index contributed by atoms with van der Waals surface area (Å²) in [6, 6.07) is -0.519. The first kappa shape index (κ1) is 18.6. The number of carbonyl (C=O) groups is 4. The number of nitrogens with one attached hydrogen (secondary N) is 2. The van der Waals surface area contributed by atoms with Gasteiger partial charge in [-0.1, -0.05) is 38.8 Å². The highest BCUT2D eigenvalue weighted by Gasteiger charge is 2.47. The zero-order valence-electron chi connectivity index (χ0n) is 15.4. The van der Waals surface area contributed by atoms with Gasteiger partial charge in [-0.2, -0.15) is 0 Å². The minimum absolute atomic E-state index is 0.0375. The molecule has 3 rings (SSSR count). The van der Waals surface area contributed by atoms with Crippen molar-refractivity contribution in [2.24, 2.45) is 23.7 Å². The minimum Gasteiger partial charge on any atom is -0.335 e. The van der Waals surface area contributed by atoms with E-state index < -0.39 is 18.5 Å². The molecule has 2 fully saturated rings. The van der Waals surface area contributed by atoms with E-state index in [0.29, 0.717) is 24.7 Å². The van der Waals surface area contributed by atoms with E-state index in [1.54, 1.807) is 0 Å². The number of urea groups is 1. The van der Waals surface area contributed by atoms with Crippen LogP contribution in [-0.4, -0.2) is 41.2 Å². The fraction of sp³-hybridized carbons (Fsp3) is 0.684. The highest BCUT2D eigenvalue weighted by Crippen LogP contribution is 2.34. The highest BCUT2D eigenvalue weighted by atomic mass is 16.2. The number of nitrogens with zero attached hydrogens (tertiary/aromatic N) is 1. The van der Waals surface area contributed by atoms with E-state index in [1.165, 1.54) is 0 Å². The number of rotatable bonds is 3. The van der Waals surface area contributed by atoms with Crippen molar-refractivity contribution in [2.45, 2.75) is 52.0 Å². The van der Waals surface area contributed by atoms with Crippen molar-refractivity contribution >= 4 is 23.8 Å². The quantitative estimate of drug-likeness (QED) is 0.589. The maximum Gasteiger partial charge on any atom is 0.321 e. The molecular formula is C19H27N3O4. The Bertz CT molecular complexity index is 619. The van der Waals surface area contributed by atoms with Crippen LogP contribution in [0.1, 0.15) is 46.0 Å². The molecule has 5 atom stereocenters. The molecule has 1 saturated heterocycles. The molecule has 0 aromatic carbocycles. The molecule has 26 heavy (non-hydrogen) atoms. The second kappa shape index (κ2) is 7.60. The van der Waals surface area contributed by atoms with Gasteiger partial charge in [0.25, 0.3) is 0 Å². The average Bonchev–Trinajstić information content (AvgIpc) is 2.84. The Morgan fingerprint density at radius 2 is 1.69 bits per heavy atom. The van der Waals surface area contributed by atoms with Crippen LogP contribution in [-0.2, 0) is 14.4 Å². The topological polar surface area (TPSA) is 95.6 Å². The van der Waals surface area contributed by atoms with E-state index >= 15 is 0 Å². The van der Waals surface area contributed by atoms with Gasteiger partial charge in [0.1, 0.15) is 6.54 Å². The SMILES string of the molecule is C[C@@H]1[C@H](C)CCC[C@@H]1NC(=O)NC(=O)CN1C(=O)[C@@H]2CC=CC[C@H]2C1=O. The summed E-state index contributed by atoms with van der Waals surface area (Å²) in [5.74, 6) is -1.10. The molecule has 3 aliphatic rings. The Labute approximate surface area is 153 Å². The van der Waals surface area contributed by atoms with Gasteiger partial charge in [-0.25, -0.2) is 4.79 Å². The van der Waals surface area contributed by atoms with Crippen molar-refractivity contribution in [2.75, 3.05) is 6.54 Å². The van der Waals surface area contributed by atoms with Crippen molar-refractivity contribution < 1.29 is 19.2 Å². The Morgan fingerprint density at radius 1 is 1.08 bits per heavy atom. The van der Waals surface area contributed by atoms with Crippen LogP contribution >= 0.6 is 0 Å². The molecule has 0 aromatic rings. The van der Waals surface area contributed by atoms with Gasteiger partial charge in [0.2, 0.25) is 17.7 Å². The minimum atomic E-state index is -0.632. The smallest absolute Gasteiger partial charge is 0.321 e. The van der Waals surface area contributed by atoms with Crippen LogP contribution in [0.15, 0.2) is 12.2 Å². The van der Waals surface area contributed by atoms with E-state index in [2.05, 4.69) is 24.5 Å². The summed E-state index contributed by atoms with van der Waals surface area (Å²) >= 11 is 0. The van der Waals surface area contributed by atoms with Crippen LogP contribution in [0.4, 0.5) is 4.79 Å². The third kappa shape index (κ3) is 3.66. The molecule has 1 aliphatic heterocycles. The average molecular weight is 361 g/mol. The molecule has 7 heteroatoms. The number of imide groups is 2. The van der Waals surface area contributed by atoms with E-state index in [-0.39, 0.29) is 29.7 Å². The maximum atomic E-state index is 12.4. The first-order valence-electron chi connectivity index (χ1n) is 9.49. The van der Waals surface area contributed by atoms with Crippen LogP contribution in [0.25, 0.3) is 0 Å². The normalized spacial score (nSPS) is 33.8. The van der Waals surface area contributed by atoms with Crippen molar-refractivity contribution in [1.82, 2.24) is 15.5 Å². The molecule has 0 radical (unpaired) electrons. The van der Waals surface area contributed by atoms with E-state index in [0.717, 1.165) is 24.2 Å². The number of amides is 5. The summed E-state index contributed by atoms with van der Waals surface area (Å²) in [4.78, 5) is 50.0. The number of allylic oxidation sites excluding steroid dienone is 2. The molecule has 1 saturated carbocycles. The Kier molecular flexibility index (Phi) is 5.44. The van der Waals surface area contributed by atoms with Crippen molar-refractivity contribution in [1.29, 1.82) is 0 Å². The molecule has 0 aromatic heterocycles. The molecule has 0 unspecified atom stereocenters. The molecule has 0 bridgehead atoms. The molecule has 5 amide bonds. The number of carbonyl (C=O) groups excluding carboxylic acids is 4. The molecular weight excluding hydrogens is 334 g/mol. The molecule has 142 valence electrons. The molecule has 1 heterocycles. The van der Waals surface area contributed by atoms with Crippen molar-refractivity contribution in [3.8, 4) is 0 Å². The van der Waals surface area contributed by atoms with Crippen LogP contribution < -0.4 is 10.6 Å². The lowest BCUT2D eigenvalue weighted by Gasteiger charge is -2.34. The first-order chi connectivity index (χ1) is 12.4. The van der Waals surface area contributed by atoms with Crippen LogP contribution in [0.2, 0.25) is 0 Å². The van der Waals surface area contributed by atoms with Gasteiger partial charge in [0.15, 0.2) is 0 Å². The van der Waals surface area contributed by atoms with E-state index in [1.807, 2.05) is 12.2 Å². The summed E-state index contributed by atoms with van der Waals surface area (Å²) in [6.07, 6.45) is 7.96. The van der Waals surface area contributed by atoms with E-state index in [4.69, 9.17) is 0 Å². The number of hydrogen-bond acceptors (Lipinski definition) is 4. The lowest BCUT2D eigenvalue weighted by Crippen LogP contribution is -2.51. The summed E-state index contributed by atoms with van der Waals surface area (Å²) < 4.78 is 0. The monoisotopic (exact) mass is 361 g/mol. The van der Waals surface area contributed by atoms with Gasteiger partial charge >= 0.3 is 6.03 Å². The van der Waals surface area contributed by atoms with Gasteiger partial charge in [-0.15, -0.1) is 0 Å². The maximum absolute atomic E-state index is 12.4. The van der Waals surface area contributed by atoms with Crippen LogP contribution in [0, 0.1) is 23.7 Å². The van der Waals surface area contributed by atoms with Crippen molar-refractivity contribution in [3.63, 3.8) is 0 Å². The van der Waals surface area contributed by atoms with Crippen LogP contribution in [0.3, 0.4) is 0 Å². The van der Waals surface area contributed by atoms with Gasteiger partial charge in [0, 0.05) is 6.04 Å². The van der Waals surface area contributed by atoms with Crippen LogP contribution in [0.5, 0.6) is 0 Å². The lowest BCUT2D eigenvalue weighted by atomic mass is 9.78. The first-order valence-corrected chi connectivity index (χ1v) is 9.49. The van der Waals surface area contributed by atoms with Gasteiger partial charge in [-0.05, 0) is 31.1 Å². The second-order valence-corrected chi connectivity index (χ2v) is 7.81. The van der Waals surface area contributed by atoms with Gasteiger partial charge in [0.05, 0.1) is 11.8 Å². The molecule has 2 aliphatic carbocycles. The molecule has 7 nitrogen and oxygen atoms in total. The summed E-state index contributed by atoms with van der Waals surface area (Å²) in [6.45, 7) is 3.88. The number of fused-ring (bicyclic) bond motifs is 1. The van der Waals surface area contributed by atoms with E-state index in [9.17, 15) is 19.2 Å². The third-order valence-corrected chi connectivity index (χ3v) is 6.18. The number of likely N-dealkylation sites (tertiary alicyclic amines) is 1. The highest BCUT2D eigenvalue weighted by molar-refractivity contribution is 6.08. The second-order valence-electron chi connectivity index (χ2n) is 7.81. The predicted molar refractivity (Wildman–Crippen MR) is 94.7 cm³/mol. The lowest BCUT2D eigenvalue weighted by molar-refractivity contribution is -0.143. The predicted octanol–water partition coefficient (Wildman–Crippen LogP) is 1.59. The summed E-state index contributed by atoms with van der Waals surface area (Å²) in [5.41, 5.74) is 0. The zero-order valence-corrected chi connectivity index (χ0v) is 15.4. The summed E-state index contributed by atoms with van der Waals surface area (Å²) in [5, 5.41) is 5.12. The third-order valence-electron chi connectivity index (χ3n) is 6.18. The Morgan fingerprint density at radius 3 is 2.31 bits per heavy atom. The van der Waals surface area contributed by atoms with Crippen molar-refractivity contribution in [3.05, 3.63) is 12.2 Å². The largest absolute Gasteiger partial charge is 0.335 e. The van der Waals surface area contributed by atoms with Gasteiger partial charge < -0.3 is 5.32 Å². The Balaban J connectivity index is 1.51. The summed E-state index contributed by atoms with van der Waals surface area (Å²) in [7, 11) is 0. The standard InChI is InChI=1S/C19H27N3O4/c1-11-6-5-9-15(12(11)2)20-19(26)21-16(23)10-22-17(24)13-7-3-4-8-14(13)18(22)25/h3-4,11-15H,5-10H2,1-2H3,(H2,20,21,23,26)/t11-,12-,13-,14-,15+/m1/s1. The fourth-order valence-corrected chi connectivity index (χ4v) is 4.32. The van der Waals surface area contributed by atoms with Gasteiger partial charge in [-0.3, -0.25) is 24.6 Å². The Hall–Kier alpha value is -2.18. The molecule has 2 N–H and O–H groups in total. The number of hydrogen-bond donors (Lipinski definition) is 2. The zero-order chi connectivity index (χ0) is 18.8. The molecule has 0 spiro atoms.